The summed E-state index contributed by atoms with van der Waals surface area (Å²) in [5.74, 6) is -0.580. The van der Waals surface area contributed by atoms with E-state index in [1.54, 1.807) is 0 Å². The molecule has 0 bridgehead atoms. The lowest BCUT2D eigenvalue weighted by Gasteiger charge is -2.20. The lowest BCUT2D eigenvalue weighted by molar-refractivity contribution is -0.387. The molecule has 1 rings (SSSR count). The fourth-order valence-electron chi connectivity index (χ4n) is 1.07. The van der Waals surface area contributed by atoms with Crippen molar-refractivity contribution in [3.05, 3.63) is 32.5 Å². The van der Waals surface area contributed by atoms with Gasteiger partial charge in [0.05, 0.1) is 9.40 Å². The molecule has 0 saturated heterocycles. The second kappa shape index (κ2) is 4.50. The van der Waals surface area contributed by atoms with Crippen LogP contribution in [-0.4, -0.2) is 13.2 Å². The van der Waals surface area contributed by atoms with Crippen molar-refractivity contribution in [2.24, 2.45) is 0 Å². The average Bonchev–Trinajstić information content (AvgIpc) is 2.07. The standard InChI is InChI=1S/C9H11BrFNO3Si/c1-16(2,3)15-9-5-7(11)8(12(13)14)4-6(9)10/h4-5H,1-3H3. The van der Waals surface area contributed by atoms with Crippen LogP contribution >= 0.6 is 15.9 Å². The van der Waals surface area contributed by atoms with Crippen molar-refractivity contribution in [2.45, 2.75) is 19.6 Å². The third-order valence-electron chi connectivity index (χ3n) is 1.61. The summed E-state index contributed by atoms with van der Waals surface area (Å²) in [7, 11) is -1.86. The highest BCUT2D eigenvalue weighted by Crippen LogP contribution is 2.33. The Balaban J connectivity index is 3.16. The fraction of sp³-hybridized carbons (Fsp3) is 0.333. The summed E-state index contributed by atoms with van der Waals surface area (Å²) >= 11 is 3.13. The van der Waals surface area contributed by atoms with Crippen molar-refractivity contribution in [1.82, 2.24) is 0 Å². The van der Waals surface area contributed by atoms with Gasteiger partial charge in [-0.2, -0.15) is 4.39 Å². The van der Waals surface area contributed by atoms with Gasteiger partial charge in [0.25, 0.3) is 0 Å². The molecule has 0 radical (unpaired) electrons. The van der Waals surface area contributed by atoms with Gasteiger partial charge < -0.3 is 4.43 Å². The Labute approximate surface area is 102 Å². The monoisotopic (exact) mass is 307 g/mol. The predicted octanol–water partition coefficient (Wildman–Crippen LogP) is 3.71. The molecule has 0 fully saturated rings. The van der Waals surface area contributed by atoms with Crippen LogP contribution in [0, 0.1) is 15.9 Å². The van der Waals surface area contributed by atoms with E-state index in [1.165, 1.54) is 0 Å². The molecule has 0 aliphatic carbocycles. The van der Waals surface area contributed by atoms with Gasteiger partial charge in [0, 0.05) is 12.1 Å². The number of hydrogen-bond donors (Lipinski definition) is 0. The molecule has 0 spiro atoms. The first-order chi connectivity index (χ1) is 7.20. The van der Waals surface area contributed by atoms with E-state index in [4.69, 9.17) is 4.43 Å². The SMILES string of the molecule is C[Si](C)(C)Oc1cc(F)c([N+](=O)[O-])cc1Br. The number of nitro groups is 1. The maximum absolute atomic E-state index is 13.3. The van der Waals surface area contributed by atoms with E-state index >= 15 is 0 Å². The van der Waals surface area contributed by atoms with E-state index in [-0.39, 0.29) is 0 Å². The van der Waals surface area contributed by atoms with Crippen molar-refractivity contribution in [3.8, 4) is 5.75 Å². The summed E-state index contributed by atoms with van der Waals surface area (Å²) in [6.45, 7) is 5.83. The lowest BCUT2D eigenvalue weighted by atomic mass is 10.3. The van der Waals surface area contributed by atoms with Crippen molar-refractivity contribution < 1.29 is 13.7 Å². The van der Waals surface area contributed by atoms with Gasteiger partial charge in [-0.1, -0.05) is 0 Å². The minimum Gasteiger partial charge on any atom is -0.543 e. The first kappa shape index (κ1) is 13.1. The molecular weight excluding hydrogens is 297 g/mol. The highest BCUT2D eigenvalue weighted by molar-refractivity contribution is 9.10. The van der Waals surface area contributed by atoms with Gasteiger partial charge in [-0.15, -0.1) is 0 Å². The van der Waals surface area contributed by atoms with E-state index in [0.717, 1.165) is 12.1 Å². The largest absolute Gasteiger partial charge is 0.543 e. The van der Waals surface area contributed by atoms with Crippen LogP contribution < -0.4 is 4.43 Å². The van der Waals surface area contributed by atoms with Crippen molar-refractivity contribution >= 4 is 29.9 Å². The lowest BCUT2D eigenvalue weighted by Crippen LogP contribution is -2.29. The average molecular weight is 308 g/mol. The van der Waals surface area contributed by atoms with Crippen LogP contribution in [0.3, 0.4) is 0 Å². The number of hydrogen-bond acceptors (Lipinski definition) is 3. The Morgan fingerprint density at radius 2 is 2.00 bits per heavy atom. The zero-order chi connectivity index (χ0) is 12.5. The number of nitrogens with zero attached hydrogens (tertiary/aromatic N) is 1. The summed E-state index contributed by atoms with van der Waals surface area (Å²) in [5, 5.41) is 10.5. The second-order valence-corrected chi connectivity index (χ2v) is 9.49. The molecule has 0 N–H and O–H groups in total. The Kier molecular flexibility index (Phi) is 3.69. The van der Waals surface area contributed by atoms with Gasteiger partial charge in [0.1, 0.15) is 5.75 Å². The second-order valence-electron chi connectivity index (χ2n) is 4.21. The van der Waals surface area contributed by atoms with Crippen LogP contribution in [0.15, 0.2) is 16.6 Å². The molecular formula is C9H11BrFNO3Si. The fourth-order valence-corrected chi connectivity index (χ4v) is 2.46. The van der Waals surface area contributed by atoms with E-state index in [1.807, 2.05) is 19.6 Å². The minimum absolute atomic E-state index is 0.308. The Morgan fingerprint density at radius 1 is 1.44 bits per heavy atom. The molecule has 0 unspecified atom stereocenters. The molecule has 0 saturated carbocycles. The van der Waals surface area contributed by atoms with E-state index < -0.39 is 24.7 Å². The molecule has 4 nitrogen and oxygen atoms in total. The normalized spacial score (nSPS) is 11.3. The van der Waals surface area contributed by atoms with Gasteiger partial charge in [-0.3, -0.25) is 10.1 Å². The van der Waals surface area contributed by atoms with Crippen LogP contribution in [0.25, 0.3) is 0 Å². The Morgan fingerprint density at radius 3 is 2.44 bits per heavy atom. The Bertz CT molecular complexity index is 433. The molecule has 1 aromatic carbocycles. The van der Waals surface area contributed by atoms with Gasteiger partial charge in [-0.05, 0) is 35.6 Å². The van der Waals surface area contributed by atoms with Gasteiger partial charge >= 0.3 is 5.69 Å². The summed E-state index contributed by atoms with van der Waals surface area (Å²) < 4.78 is 19.3. The third-order valence-corrected chi connectivity index (χ3v) is 3.07. The Hall–Kier alpha value is -0.953. The zero-order valence-corrected chi connectivity index (χ0v) is 11.7. The first-order valence-corrected chi connectivity index (χ1v) is 8.73. The van der Waals surface area contributed by atoms with Crippen LogP contribution in [0.2, 0.25) is 19.6 Å². The van der Waals surface area contributed by atoms with Crippen LogP contribution in [0.1, 0.15) is 0 Å². The quantitative estimate of drug-likeness (QED) is 0.486. The molecule has 16 heavy (non-hydrogen) atoms. The summed E-state index contributed by atoms with van der Waals surface area (Å²) in [4.78, 5) is 9.72. The highest BCUT2D eigenvalue weighted by atomic mass is 79.9. The predicted molar refractivity (Wildman–Crippen MR) is 64.7 cm³/mol. The molecule has 0 aliphatic heterocycles. The smallest absolute Gasteiger partial charge is 0.306 e. The van der Waals surface area contributed by atoms with E-state index in [2.05, 4.69) is 15.9 Å². The van der Waals surface area contributed by atoms with Gasteiger partial charge in [0.2, 0.25) is 14.1 Å². The molecule has 0 aromatic heterocycles. The van der Waals surface area contributed by atoms with Crippen molar-refractivity contribution in [3.63, 3.8) is 0 Å². The molecule has 1 aromatic rings. The first-order valence-electron chi connectivity index (χ1n) is 4.53. The van der Waals surface area contributed by atoms with Crippen LogP contribution in [-0.2, 0) is 0 Å². The van der Waals surface area contributed by atoms with Gasteiger partial charge in [0.15, 0.2) is 0 Å². The molecule has 0 aliphatic rings. The van der Waals surface area contributed by atoms with Crippen molar-refractivity contribution in [1.29, 1.82) is 0 Å². The summed E-state index contributed by atoms with van der Waals surface area (Å²) in [6.07, 6.45) is 0. The molecule has 0 heterocycles. The molecule has 0 amide bonds. The number of halogens is 2. The summed E-state index contributed by atoms with van der Waals surface area (Å²) in [5.41, 5.74) is -0.560. The maximum Gasteiger partial charge on any atom is 0.306 e. The molecule has 0 atom stereocenters. The highest BCUT2D eigenvalue weighted by Gasteiger charge is 2.22. The number of benzene rings is 1. The maximum atomic E-state index is 13.3. The molecule has 7 heteroatoms. The third kappa shape index (κ3) is 3.27. The van der Waals surface area contributed by atoms with Gasteiger partial charge in [-0.25, -0.2) is 0 Å². The number of nitro benzene ring substituents is 1. The zero-order valence-electron chi connectivity index (χ0n) is 9.08. The molecule has 88 valence electrons. The van der Waals surface area contributed by atoms with Crippen LogP contribution in [0.4, 0.5) is 10.1 Å². The summed E-state index contributed by atoms with van der Waals surface area (Å²) in [6, 6.07) is 2.16. The van der Waals surface area contributed by atoms with Crippen molar-refractivity contribution in [2.75, 3.05) is 0 Å². The minimum atomic E-state index is -1.86. The van der Waals surface area contributed by atoms with E-state index in [0.29, 0.717) is 10.2 Å². The number of rotatable bonds is 3. The van der Waals surface area contributed by atoms with Crippen LogP contribution in [0.5, 0.6) is 5.75 Å². The topological polar surface area (TPSA) is 52.4 Å². The van der Waals surface area contributed by atoms with E-state index in [9.17, 15) is 14.5 Å².